The highest BCUT2D eigenvalue weighted by Crippen LogP contribution is 2.44. The smallest absolute Gasteiger partial charge is 0.243 e. The van der Waals surface area contributed by atoms with E-state index in [4.69, 9.17) is 4.42 Å². The maximum atomic E-state index is 14.5. The predicted molar refractivity (Wildman–Crippen MR) is 271 cm³/mol. The summed E-state index contributed by atoms with van der Waals surface area (Å²) >= 11 is 3.68. The molecule has 6 nitrogen and oxygen atoms in total. The largest absolute Gasteiger partial charge is 0.456 e. The Bertz CT molecular complexity index is 3010. The molecule has 0 aromatic heterocycles. The van der Waals surface area contributed by atoms with Crippen LogP contribution in [0.3, 0.4) is 0 Å². The van der Waals surface area contributed by atoms with Gasteiger partial charge in [-0.05, 0) is 87.4 Å². The lowest BCUT2D eigenvalue weighted by atomic mass is 9.93. The van der Waals surface area contributed by atoms with Crippen molar-refractivity contribution in [3.8, 4) is 22.5 Å². The number of aryl methyl sites for hydroxylation is 4. The Morgan fingerprint density at radius 2 is 1.19 bits per heavy atom. The van der Waals surface area contributed by atoms with Crippen LogP contribution in [0.5, 0.6) is 0 Å². The van der Waals surface area contributed by atoms with Gasteiger partial charge in [0.2, 0.25) is 21.1 Å². The van der Waals surface area contributed by atoms with Crippen LogP contribution in [0.25, 0.3) is 33.4 Å². The number of hydrogen-bond donors (Lipinski definition) is 0. The average molecular weight is 903 g/mol. The molecule has 0 radical (unpaired) electrons. The minimum absolute atomic E-state index is 0.283. The van der Waals surface area contributed by atoms with Crippen LogP contribution in [0.2, 0.25) is 0 Å². The van der Waals surface area contributed by atoms with Crippen molar-refractivity contribution in [3.05, 3.63) is 185 Å². The van der Waals surface area contributed by atoms with Crippen molar-refractivity contribution in [1.29, 1.82) is 0 Å². The Morgan fingerprint density at radius 1 is 0.594 bits per heavy atom. The zero-order valence-electron chi connectivity index (χ0n) is 37.5. The van der Waals surface area contributed by atoms with Gasteiger partial charge in [-0.3, -0.25) is 0 Å². The fourth-order valence-corrected chi connectivity index (χ4v) is 12.2. The SMILES string of the molecule is CCN(CC)S(=O)(=O)c1ccccc1-c1c2ccc(=[N+](CCSc3ccccc3)c3c(C)cccc3C)cc-2oc2cc(N(CCSc3ccccc3)c3c(C)cccc3C)ccc12. The second-order valence-corrected chi connectivity index (χ2v) is 20.3. The van der Waals surface area contributed by atoms with Crippen molar-refractivity contribution in [2.24, 2.45) is 0 Å². The van der Waals surface area contributed by atoms with Crippen LogP contribution in [0.1, 0.15) is 36.1 Å². The van der Waals surface area contributed by atoms with Gasteiger partial charge in [0.05, 0.1) is 16.7 Å². The van der Waals surface area contributed by atoms with Crippen LogP contribution in [-0.4, -0.2) is 50.4 Å². The van der Waals surface area contributed by atoms with Crippen molar-refractivity contribution in [2.75, 3.05) is 42.6 Å². The van der Waals surface area contributed by atoms with Gasteiger partial charge in [0.15, 0.2) is 6.54 Å². The fourth-order valence-electron chi connectivity index (χ4n) is 8.84. The molecule has 0 saturated carbocycles. The molecule has 1 heterocycles. The Balaban J connectivity index is 1.37. The quantitative estimate of drug-likeness (QED) is 0.0547. The Labute approximate surface area is 387 Å². The highest BCUT2D eigenvalue weighted by Gasteiger charge is 2.29. The molecule has 0 bridgehead atoms. The molecule has 0 fully saturated rings. The molecule has 326 valence electrons. The van der Waals surface area contributed by atoms with Gasteiger partial charge in [0, 0.05) is 91.9 Å². The topological polar surface area (TPSA) is 56.8 Å². The third-order valence-electron chi connectivity index (χ3n) is 11.9. The lowest BCUT2D eigenvalue weighted by Gasteiger charge is -2.29. The zero-order chi connectivity index (χ0) is 44.8. The van der Waals surface area contributed by atoms with Gasteiger partial charge in [0.1, 0.15) is 11.3 Å². The number of fused-ring (bicyclic) bond motifs is 2. The number of hydrogen-bond acceptors (Lipinski definition) is 6. The van der Waals surface area contributed by atoms with E-state index in [1.54, 1.807) is 6.07 Å². The first-order valence-corrected chi connectivity index (χ1v) is 25.5. The predicted octanol–water partition coefficient (Wildman–Crippen LogP) is 13.3. The lowest BCUT2D eigenvalue weighted by molar-refractivity contribution is 0.445. The summed E-state index contributed by atoms with van der Waals surface area (Å²) in [5, 5.41) is 1.85. The van der Waals surface area contributed by atoms with Gasteiger partial charge in [-0.15, -0.1) is 23.5 Å². The zero-order valence-corrected chi connectivity index (χ0v) is 40.0. The van der Waals surface area contributed by atoms with Crippen LogP contribution in [-0.2, 0) is 10.0 Å². The molecule has 8 rings (SSSR count). The molecule has 9 heteroatoms. The Kier molecular flexibility index (Phi) is 14.1. The fraction of sp³-hybridized carbons (Fsp3) is 0.218. The van der Waals surface area contributed by atoms with E-state index in [2.05, 4.69) is 171 Å². The minimum atomic E-state index is -3.84. The van der Waals surface area contributed by atoms with E-state index >= 15 is 0 Å². The number of anilines is 2. The van der Waals surface area contributed by atoms with Gasteiger partial charge in [0.25, 0.3) is 0 Å². The molecule has 1 aliphatic carbocycles. The van der Waals surface area contributed by atoms with Crippen LogP contribution in [0.15, 0.2) is 177 Å². The summed E-state index contributed by atoms with van der Waals surface area (Å²) < 4.78 is 40.0. The molecule has 0 unspecified atom stereocenters. The number of nitrogens with zero attached hydrogens (tertiary/aromatic N) is 3. The van der Waals surface area contributed by atoms with Crippen molar-refractivity contribution in [2.45, 2.75) is 56.2 Å². The van der Waals surface area contributed by atoms with Crippen LogP contribution in [0.4, 0.5) is 17.1 Å². The number of sulfonamides is 1. The molecule has 2 aliphatic rings. The van der Waals surface area contributed by atoms with Crippen molar-refractivity contribution < 1.29 is 12.8 Å². The average Bonchev–Trinajstić information content (AvgIpc) is 3.30. The molecular weight excluding hydrogens is 847 g/mol. The summed E-state index contributed by atoms with van der Waals surface area (Å²) in [7, 11) is -3.84. The maximum absolute atomic E-state index is 14.5. The first kappa shape index (κ1) is 45.0. The van der Waals surface area contributed by atoms with Gasteiger partial charge in [-0.25, -0.2) is 8.42 Å². The summed E-state index contributed by atoms with van der Waals surface area (Å²) in [6.07, 6.45) is 0. The first-order valence-electron chi connectivity index (χ1n) is 22.1. The molecule has 0 atom stereocenters. The van der Waals surface area contributed by atoms with E-state index < -0.39 is 10.0 Å². The molecule has 64 heavy (non-hydrogen) atoms. The van der Waals surface area contributed by atoms with E-state index in [0.717, 1.165) is 52.2 Å². The van der Waals surface area contributed by atoms with Crippen molar-refractivity contribution in [1.82, 2.24) is 8.88 Å². The standard InChI is InChI=1S/C55H56N3O3S3/c1-7-56(8-2)64(59,60)52-28-16-15-27-49(52)53-47-31-29-43(57(54-39(3)19-17-20-40(54)4)33-35-62-45-23-11-9-12-24-45)37-50(47)61-51-38-44(30-32-48(51)53)58(55-41(5)21-18-22-42(55)6)34-36-63-46-25-13-10-14-26-46/h9-32,37-38H,7-8,33-36H2,1-6H3/q+1. The molecule has 0 amide bonds. The van der Waals surface area contributed by atoms with E-state index in [0.29, 0.717) is 30.0 Å². The summed E-state index contributed by atoms with van der Waals surface area (Å²) in [5.41, 5.74) is 11.1. The first-order chi connectivity index (χ1) is 31.1. The number of benzene rings is 7. The van der Waals surface area contributed by atoms with E-state index in [9.17, 15) is 8.42 Å². The van der Waals surface area contributed by atoms with Crippen LogP contribution >= 0.6 is 23.5 Å². The van der Waals surface area contributed by atoms with Crippen molar-refractivity contribution in [3.63, 3.8) is 0 Å². The monoisotopic (exact) mass is 902 g/mol. The highest BCUT2D eigenvalue weighted by atomic mass is 32.2. The lowest BCUT2D eigenvalue weighted by Crippen LogP contribution is -2.31. The Hall–Kier alpha value is -5.58. The Morgan fingerprint density at radius 3 is 1.83 bits per heavy atom. The van der Waals surface area contributed by atoms with Gasteiger partial charge in [-0.1, -0.05) is 105 Å². The summed E-state index contributed by atoms with van der Waals surface area (Å²) in [5.74, 6) is 2.41. The third kappa shape index (κ3) is 9.45. The molecule has 0 saturated heterocycles. The van der Waals surface area contributed by atoms with E-state index in [1.807, 2.05) is 55.6 Å². The molecular formula is C55H56N3O3S3+. The second kappa shape index (κ2) is 20.1. The van der Waals surface area contributed by atoms with Gasteiger partial charge >= 0.3 is 0 Å². The number of rotatable bonds is 16. The number of para-hydroxylation sites is 2. The normalized spacial score (nSPS) is 12.3. The molecule has 1 aliphatic heterocycles. The summed E-state index contributed by atoms with van der Waals surface area (Å²) in [6, 6.07) is 54.3. The van der Waals surface area contributed by atoms with Gasteiger partial charge < -0.3 is 9.32 Å². The molecule has 0 N–H and O–H groups in total. The highest BCUT2D eigenvalue weighted by molar-refractivity contribution is 7.99. The van der Waals surface area contributed by atoms with Crippen molar-refractivity contribution >= 4 is 61.6 Å². The van der Waals surface area contributed by atoms with E-state index in [-0.39, 0.29) is 4.90 Å². The van der Waals surface area contributed by atoms with Crippen LogP contribution in [0, 0.1) is 27.7 Å². The van der Waals surface area contributed by atoms with Crippen LogP contribution < -0.4 is 14.8 Å². The van der Waals surface area contributed by atoms with E-state index in [1.165, 1.54) is 47.7 Å². The summed E-state index contributed by atoms with van der Waals surface area (Å²) in [6.45, 7) is 14.7. The third-order valence-corrected chi connectivity index (χ3v) is 16.0. The molecule has 6 aromatic carbocycles. The molecule has 0 spiro atoms. The second-order valence-electron chi connectivity index (χ2n) is 16.0. The number of thioether (sulfide) groups is 2. The maximum Gasteiger partial charge on any atom is 0.243 e. The minimum Gasteiger partial charge on any atom is -0.456 e. The molecule has 6 aromatic rings. The summed E-state index contributed by atoms with van der Waals surface area (Å²) in [4.78, 5) is 5.15. The van der Waals surface area contributed by atoms with Gasteiger partial charge in [-0.2, -0.15) is 8.88 Å².